The summed E-state index contributed by atoms with van der Waals surface area (Å²) in [5.74, 6) is 1.70. The molecule has 2 aromatic heterocycles. The number of ketones is 1. The predicted molar refractivity (Wildman–Crippen MR) is 115 cm³/mol. The summed E-state index contributed by atoms with van der Waals surface area (Å²) >= 11 is 6.57. The van der Waals surface area contributed by atoms with Crippen molar-refractivity contribution in [2.75, 3.05) is 12.4 Å². The second-order valence-corrected chi connectivity index (χ2v) is 7.90. The summed E-state index contributed by atoms with van der Waals surface area (Å²) in [6.45, 7) is 5.59. The van der Waals surface area contributed by atoms with Crippen LogP contribution in [0.3, 0.4) is 0 Å². The second kappa shape index (κ2) is 7.67. The molecular weight excluding hydrogens is 388 g/mol. The largest absolute Gasteiger partial charge is 0.497 e. The van der Waals surface area contributed by atoms with Gasteiger partial charge >= 0.3 is 0 Å². The van der Waals surface area contributed by atoms with E-state index in [4.69, 9.17) is 26.4 Å². The van der Waals surface area contributed by atoms with Crippen LogP contribution in [0.25, 0.3) is 16.8 Å². The van der Waals surface area contributed by atoms with Crippen molar-refractivity contribution in [1.82, 2.24) is 14.6 Å². The van der Waals surface area contributed by atoms with Gasteiger partial charge in [-0.2, -0.15) is 9.61 Å². The Bertz CT molecular complexity index is 1110. The summed E-state index contributed by atoms with van der Waals surface area (Å²) in [5, 5.41) is 8.83. The van der Waals surface area contributed by atoms with Crippen molar-refractivity contribution in [3.05, 3.63) is 40.2 Å². The fraction of sp³-hybridized carbons (Fsp3) is 0.409. The van der Waals surface area contributed by atoms with E-state index in [1.165, 1.54) is 0 Å². The van der Waals surface area contributed by atoms with Crippen molar-refractivity contribution in [3.63, 3.8) is 0 Å². The predicted octanol–water partition coefficient (Wildman–Crippen LogP) is 4.63. The number of hydrogen-bond acceptors (Lipinski definition) is 5. The van der Waals surface area contributed by atoms with Gasteiger partial charge in [0, 0.05) is 16.8 Å². The lowest BCUT2D eigenvalue weighted by molar-refractivity contribution is -0.117. The molecule has 7 heteroatoms. The third-order valence-corrected chi connectivity index (χ3v) is 5.93. The molecule has 152 valence electrons. The lowest BCUT2D eigenvalue weighted by Gasteiger charge is -2.19. The summed E-state index contributed by atoms with van der Waals surface area (Å²) in [6.07, 6.45) is 3.63. The highest BCUT2D eigenvalue weighted by Gasteiger charge is 2.26. The van der Waals surface area contributed by atoms with E-state index in [9.17, 15) is 4.79 Å². The molecule has 2 heterocycles. The van der Waals surface area contributed by atoms with Gasteiger partial charge in [0.15, 0.2) is 11.4 Å². The number of anilines is 1. The number of carbonyl (C=O) groups excluding carboxylic acids is 1. The van der Waals surface area contributed by atoms with Crippen LogP contribution in [0, 0.1) is 6.92 Å². The number of nitrogens with one attached hydrogen (secondary N) is 1. The average molecular weight is 413 g/mol. The number of hydrogen-bond donors (Lipinski definition) is 1. The highest BCUT2D eigenvalue weighted by atomic mass is 35.5. The van der Waals surface area contributed by atoms with Crippen molar-refractivity contribution in [1.29, 1.82) is 0 Å². The summed E-state index contributed by atoms with van der Waals surface area (Å²) < 4.78 is 7.13. The van der Waals surface area contributed by atoms with Crippen molar-refractivity contribution in [2.45, 2.75) is 52.5 Å². The van der Waals surface area contributed by atoms with Crippen molar-refractivity contribution >= 4 is 28.8 Å². The van der Waals surface area contributed by atoms with Crippen molar-refractivity contribution in [3.8, 4) is 16.9 Å². The molecule has 1 aliphatic carbocycles. The highest BCUT2D eigenvalue weighted by Crippen LogP contribution is 2.38. The van der Waals surface area contributed by atoms with Gasteiger partial charge in [0.05, 0.1) is 29.4 Å². The maximum atomic E-state index is 12.1. The van der Waals surface area contributed by atoms with Gasteiger partial charge in [0.2, 0.25) is 0 Å². The van der Waals surface area contributed by atoms with Gasteiger partial charge in [-0.15, -0.1) is 0 Å². The molecule has 0 amide bonds. The van der Waals surface area contributed by atoms with E-state index >= 15 is 0 Å². The van der Waals surface area contributed by atoms with Gasteiger partial charge in [-0.1, -0.05) is 18.5 Å². The molecule has 0 saturated heterocycles. The van der Waals surface area contributed by atoms with E-state index in [1.54, 1.807) is 20.1 Å². The summed E-state index contributed by atoms with van der Waals surface area (Å²) in [6, 6.07) is 5.38. The molecule has 4 rings (SSSR count). The first-order valence-corrected chi connectivity index (χ1v) is 10.3. The third-order valence-electron chi connectivity index (χ3n) is 5.62. The molecule has 29 heavy (non-hydrogen) atoms. The maximum absolute atomic E-state index is 12.1. The molecule has 0 bridgehead atoms. The average Bonchev–Trinajstić information content (AvgIpc) is 3.28. The van der Waals surface area contributed by atoms with Gasteiger partial charge in [0.25, 0.3) is 0 Å². The number of aromatic nitrogens is 3. The Labute approximate surface area is 175 Å². The first-order chi connectivity index (χ1) is 13.9. The number of rotatable bonds is 6. The van der Waals surface area contributed by atoms with Crippen LogP contribution in [0.4, 0.5) is 5.82 Å². The zero-order valence-electron chi connectivity index (χ0n) is 17.2. The van der Waals surface area contributed by atoms with E-state index in [-0.39, 0.29) is 11.8 Å². The Morgan fingerprint density at radius 3 is 2.83 bits per heavy atom. The van der Waals surface area contributed by atoms with Crippen molar-refractivity contribution < 1.29 is 9.53 Å². The number of halogens is 1. The summed E-state index contributed by atoms with van der Waals surface area (Å²) in [4.78, 5) is 17.0. The standard InChI is InChI=1S/C22H25ClN4O2/c1-5-18(13(3)28)24-21-16-7-6-8-19(16)25-22-20(12(2)26-27(21)22)15-10-9-14(29-4)11-17(15)23/h9-11,18,24H,5-8H2,1-4H3. The SMILES string of the molecule is CCC(Nc1c2c(nc3c(-c4ccc(OC)cc4Cl)c(C)nn13)CCC2)C(C)=O. The van der Waals surface area contributed by atoms with Crippen LogP contribution in [0.2, 0.25) is 5.02 Å². The minimum absolute atomic E-state index is 0.117. The van der Waals surface area contributed by atoms with Gasteiger partial charge in [-0.3, -0.25) is 4.79 Å². The first kappa shape index (κ1) is 19.7. The molecule has 6 nitrogen and oxygen atoms in total. The number of aryl methyl sites for hydroxylation is 2. The second-order valence-electron chi connectivity index (χ2n) is 7.50. The van der Waals surface area contributed by atoms with Crippen molar-refractivity contribution in [2.24, 2.45) is 0 Å². The van der Waals surface area contributed by atoms with Crippen LogP contribution >= 0.6 is 11.6 Å². The molecule has 0 fully saturated rings. The number of fused-ring (bicyclic) bond motifs is 2. The van der Waals surface area contributed by atoms with Gasteiger partial charge < -0.3 is 10.1 Å². The minimum Gasteiger partial charge on any atom is -0.497 e. The van der Waals surface area contributed by atoms with Gasteiger partial charge in [0.1, 0.15) is 11.6 Å². The fourth-order valence-corrected chi connectivity index (χ4v) is 4.35. The van der Waals surface area contributed by atoms with Gasteiger partial charge in [-0.05, 0) is 57.7 Å². The molecule has 0 spiro atoms. The fourth-order valence-electron chi connectivity index (χ4n) is 4.08. The molecule has 0 radical (unpaired) electrons. The van der Waals surface area contributed by atoms with Crippen LogP contribution in [-0.4, -0.2) is 33.5 Å². The van der Waals surface area contributed by atoms with E-state index in [0.29, 0.717) is 17.2 Å². The molecule has 1 unspecified atom stereocenters. The number of carbonyl (C=O) groups is 1. The Morgan fingerprint density at radius 2 is 2.17 bits per heavy atom. The number of ether oxygens (including phenoxy) is 1. The van der Waals surface area contributed by atoms with Gasteiger partial charge in [-0.25, -0.2) is 4.98 Å². The third kappa shape index (κ3) is 3.35. The van der Waals surface area contributed by atoms with E-state index < -0.39 is 0 Å². The molecule has 1 atom stereocenters. The molecule has 0 saturated carbocycles. The van der Waals surface area contributed by atoms with Crippen LogP contribution < -0.4 is 10.1 Å². The number of benzene rings is 1. The van der Waals surface area contributed by atoms with E-state index in [0.717, 1.165) is 58.8 Å². The maximum Gasteiger partial charge on any atom is 0.165 e. The molecule has 1 aromatic carbocycles. The van der Waals surface area contributed by atoms with E-state index in [1.807, 2.05) is 30.5 Å². The topological polar surface area (TPSA) is 68.5 Å². The Morgan fingerprint density at radius 1 is 1.38 bits per heavy atom. The van der Waals surface area contributed by atoms with Crippen LogP contribution in [0.1, 0.15) is 43.6 Å². The zero-order valence-corrected chi connectivity index (χ0v) is 17.9. The molecule has 1 aliphatic rings. The smallest absolute Gasteiger partial charge is 0.165 e. The number of methoxy groups -OCH3 is 1. The quantitative estimate of drug-likeness (QED) is 0.639. The Balaban J connectivity index is 1.94. The van der Waals surface area contributed by atoms with E-state index in [2.05, 4.69) is 5.32 Å². The summed E-state index contributed by atoms with van der Waals surface area (Å²) in [7, 11) is 1.62. The molecule has 3 aromatic rings. The Hall–Kier alpha value is -2.60. The lowest BCUT2D eigenvalue weighted by atomic mass is 10.1. The van der Waals surface area contributed by atoms with Crippen LogP contribution in [0.15, 0.2) is 18.2 Å². The van der Waals surface area contributed by atoms with Crippen LogP contribution in [-0.2, 0) is 17.6 Å². The number of Topliss-reactive ketones (excluding diaryl/α,β-unsaturated/α-hetero) is 1. The lowest BCUT2D eigenvalue weighted by Crippen LogP contribution is -2.28. The molecule has 0 aliphatic heterocycles. The first-order valence-electron chi connectivity index (χ1n) is 9.96. The zero-order chi connectivity index (χ0) is 20.7. The normalized spacial score (nSPS) is 14.1. The molecule has 1 N–H and O–H groups in total. The highest BCUT2D eigenvalue weighted by molar-refractivity contribution is 6.33. The monoisotopic (exact) mass is 412 g/mol. The van der Waals surface area contributed by atoms with Crippen LogP contribution in [0.5, 0.6) is 5.75 Å². The summed E-state index contributed by atoms with van der Waals surface area (Å²) in [5.41, 5.74) is 5.61. The minimum atomic E-state index is -0.247. The Kier molecular flexibility index (Phi) is 5.21. The number of nitrogens with zero attached hydrogens (tertiary/aromatic N) is 3. The molecular formula is C22H25ClN4O2.